The quantitative estimate of drug-likeness (QED) is 0.245. The Bertz CT molecular complexity index is 613. The lowest BCUT2D eigenvalue weighted by Crippen LogP contribution is -2.60. The van der Waals surface area contributed by atoms with Gasteiger partial charge in [-0.2, -0.15) is 0 Å². The monoisotopic (exact) mass is 406 g/mol. The Kier molecular flexibility index (Phi) is 7.80. The van der Waals surface area contributed by atoms with Crippen molar-refractivity contribution in [3.05, 3.63) is 17.7 Å². The van der Waals surface area contributed by atoms with E-state index in [0.717, 1.165) is 0 Å². The third-order valence-electron chi connectivity index (χ3n) is 4.53. The van der Waals surface area contributed by atoms with E-state index in [-0.39, 0.29) is 22.8 Å². The molecular weight excluding hydrogens is 380 g/mol. The van der Waals surface area contributed by atoms with Gasteiger partial charge in [-0.1, -0.05) is 0 Å². The van der Waals surface area contributed by atoms with Crippen LogP contribution in [-0.4, -0.2) is 100.0 Å². The molecule has 160 valence electrons. The van der Waals surface area contributed by atoms with Gasteiger partial charge in [0.2, 0.25) is 5.75 Å². The number of benzene rings is 1. The third kappa shape index (κ3) is 4.47. The molecule has 0 aliphatic carbocycles. The van der Waals surface area contributed by atoms with Gasteiger partial charge in [0.05, 0.1) is 27.4 Å². The van der Waals surface area contributed by atoms with Crippen LogP contribution in [0.5, 0.6) is 17.2 Å². The van der Waals surface area contributed by atoms with Gasteiger partial charge in [-0.25, -0.2) is 0 Å². The highest BCUT2D eigenvalue weighted by Crippen LogP contribution is 2.39. The minimum absolute atomic E-state index is 0.0120. The molecule has 1 fully saturated rings. The summed E-state index contributed by atoms with van der Waals surface area (Å²) in [5, 5.41) is 69.1. The van der Waals surface area contributed by atoms with Crippen molar-refractivity contribution >= 4 is 0 Å². The zero-order chi connectivity index (χ0) is 21.0. The van der Waals surface area contributed by atoms with Crippen molar-refractivity contribution in [1.29, 1.82) is 0 Å². The molecule has 0 unspecified atom stereocenters. The van der Waals surface area contributed by atoms with Crippen molar-refractivity contribution in [2.24, 2.45) is 0 Å². The Morgan fingerprint density at radius 3 is 2.04 bits per heavy atom. The first kappa shape index (κ1) is 22.6. The summed E-state index contributed by atoms with van der Waals surface area (Å²) in [4.78, 5) is 0. The van der Waals surface area contributed by atoms with Crippen LogP contribution in [0.1, 0.15) is 11.7 Å². The number of ether oxygens (including phenoxy) is 4. The highest BCUT2D eigenvalue weighted by molar-refractivity contribution is 5.53. The molecule has 1 aliphatic heterocycles. The molecule has 1 saturated heterocycles. The predicted molar refractivity (Wildman–Crippen MR) is 91.9 cm³/mol. The average molecular weight is 406 g/mol. The molecule has 28 heavy (non-hydrogen) atoms. The second-order valence-corrected chi connectivity index (χ2v) is 6.27. The zero-order valence-electron chi connectivity index (χ0n) is 15.4. The van der Waals surface area contributed by atoms with Crippen LogP contribution in [0.4, 0.5) is 0 Å². The maximum atomic E-state index is 10.6. The first-order valence-electron chi connectivity index (χ1n) is 8.48. The number of methoxy groups -OCH3 is 2. The van der Waals surface area contributed by atoms with Crippen LogP contribution >= 0.6 is 0 Å². The van der Waals surface area contributed by atoms with Gasteiger partial charge in [0, 0.05) is 0 Å². The normalized spacial score (nSPS) is 29.9. The fourth-order valence-electron chi connectivity index (χ4n) is 2.87. The molecule has 2 rings (SSSR count). The standard InChI is InChI=1S/C17H26O11/c1-25-8-3-7(4-9(26-2)13(8)21)12(20)10(5-18)27-17-16(24)15(23)14(22)11(6-19)28-17/h3-4,10-12,14-24H,5-6H2,1-2H3/t10-,11+,12-,14+,15-,16+,17+/m0/s1. The second kappa shape index (κ2) is 9.67. The minimum atomic E-state index is -1.69. The van der Waals surface area contributed by atoms with Crippen molar-refractivity contribution in [3.8, 4) is 17.2 Å². The first-order chi connectivity index (χ1) is 13.3. The van der Waals surface area contributed by atoms with E-state index in [0.29, 0.717) is 0 Å². The van der Waals surface area contributed by atoms with Gasteiger partial charge in [-0.05, 0) is 17.7 Å². The van der Waals surface area contributed by atoms with Gasteiger partial charge >= 0.3 is 0 Å². The van der Waals surface area contributed by atoms with Crippen LogP contribution in [0.15, 0.2) is 12.1 Å². The third-order valence-corrected chi connectivity index (χ3v) is 4.53. The summed E-state index contributed by atoms with van der Waals surface area (Å²) in [7, 11) is 2.61. The lowest BCUT2D eigenvalue weighted by atomic mass is 9.99. The van der Waals surface area contributed by atoms with Crippen LogP contribution in [-0.2, 0) is 9.47 Å². The summed E-state index contributed by atoms with van der Waals surface area (Å²) in [5.41, 5.74) is 0.162. The van der Waals surface area contributed by atoms with E-state index < -0.39 is 56.1 Å². The Hall–Kier alpha value is -1.70. The van der Waals surface area contributed by atoms with E-state index in [1.807, 2.05) is 0 Å². The molecule has 0 bridgehead atoms. The summed E-state index contributed by atoms with van der Waals surface area (Å²) in [6.07, 6.45) is -10.5. The first-order valence-corrected chi connectivity index (χ1v) is 8.48. The number of hydrogen-bond acceptors (Lipinski definition) is 11. The zero-order valence-corrected chi connectivity index (χ0v) is 15.4. The molecule has 1 heterocycles. The fraction of sp³-hybridized carbons (Fsp3) is 0.647. The van der Waals surface area contributed by atoms with E-state index in [1.54, 1.807) is 0 Å². The van der Waals surface area contributed by atoms with E-state index in [2.05, 4.69) is 0 Å². The molecule has 1 aliphatic rings. The molecular formula is C17H26O11. The van der Waals surface area contributed by atoms with Crippen molar-refractivity contribution < 1.29 is 54.7 Å². The molecule has 0 aromatic heterocycles. The number of aromatic hydroxyl groups is 1. The topological polar surface area (TPSA) is 179 Å². The smallest absolute Gasteiger partial charge is 0.200 e. The number of aliphatic hydroxyl groups excluding tert-OH is 6. The molecule has 1 aromatic rings. The lowest BCUT2D eigenvalue weighted by Gasteiger charge is -2.41. The highest BCUT2D eigenvalue weighted by Gasteiger charge is 2.45. The average Bonchev–Trinajstić information content (AvgIpc) is 2.71. The van der Waals surface area contributed by atoms with Gasteiger partial charge in [-0.3, -0.25) is 0 Å². The maximum absolute atomic E-state index is 10.6. The largest absolute Gasteiger partial charge is 0.502 e. The summed E-state index contributed by atoms with van der Waals surface area (Å²) >= 11 is 0. The van der Waals surface area contributed by atoms with Gasteiger partial charge in [0.1, 0.15) is 36.6 Å². The fourth-order valence-corrected chi connectivity index (χ4v) is 2.87. The summed E-state index contributed by atoms with van der Waals surface area (Å²) in [6, 6.07) is 2.61. The molecule has 0 radical (unpaired) electrons. The molecule has 1 aromatic carbocycles. The van der Waals surface area contributed by atoms with Crippen LogP contribution in [0.2, 0.25) is 0 Å². The Morgan fingerprint density at radius 2 is 1.57 bits per heavy atom. The minimum Gasteiger partial charge on any atom is -0.502 e. The van der Waals surface area contributed by atoms with E-state index in [4.69, 9.17) is 18.9 Å². The number of phenols is 1. The predicted octanol–water partition coefficient (Wildman–Crippen LogP) is -2.38. The van der Waals surface area contributed by atoms with Crippen LogP contribution < -0.4 is 9.47 Å². The van der Waals surface area contributed by atoms with Crippen molar-refractivity contribution in [2.75, 3.05) is 27.4 Å². The number of hydrogen-bond donors (Lipinski definition) is 7. The molecule has 7 N–H and O–H groups in total. The highest BCUT2D eigenvalue weighted by atomic mass is 16.7. The number of aliphatic hydroxyl groups is 6. The molecule has 11 heteroatoms. The van der Waals surface area contributed by atoms with Crippen molar-refractivity contribution in [3.63, 3.8) is 0 Å². The van der Waals surface area contributed by atoms with Gasteiger partial charge in [0.15, 0.2) is 17.8 Å². The summed E-state index contributed by atoms with van der Waals surface area (Å²) in [6.45, 7) is -1.36. The maximum Gasteiger partial charge on any atom is 0.200 e. The van der Waals surface area contributed by atoms with E-state index in [9.17, 15) is 35.7 Å². The van der Waals surface area contributed by atoms with E-state index in [1.165, 1.54) is 26.4 Å². The molecule has 7 atom stereocenters. The number of phenolic OH excluding ortho intramolecular Hbond substituents is 1. The SMILES string of the molecule is COc1cc([C@H](O)[C@H](CO)O[C@@H]2O[C@H](CO)[C@@H](O)[C@H](O)[C@H]2O)cc(OC)c1O. The molecule has 0 saturated carbocycles. The van der Waals surface area contributed by atoms with Crippen LogP contribution in [0, 0.1) is 0 Å². The summed E-state index contributed by atoms with van der Waals surface area (Å²) in [5.74, 6) is -0.257. The molecule has 11 nitrogen and oxygen atoms in total. The van der Waals surface area contributed by atoms with Crippen molar-refractivity contribution in [1.82, 2.24) is 0 Å². The van der Waals surface area contributed by atoms with Crippen molar-refractivity contribution in [2.45, 2.75) is 42.9 Å². The van der Waals surface area contributed by atoms with Gasteiger partial charge < -0.3 is 54.7 Å². The van der Waals surface area contributed by atoms with Crippen LogP contribution in [0.3, 0.4) is 0 Å². The summed E-state index contributed by atoms with van der Waals surface area (Å²) < 4.78 is 20.6. The second-order valence-electron chi connectivity index (χ2n) is 6.27. The van der Waals surface area contributed by atoms with Gasteiger partial charge in [0.25, 0.3) is 0 Å². The Morgan fingerprint density at radius 1 is 1.00 bits per heavy atom. The lowest BCUT2D eigenvalue weighted by molar-refractivity contribution is -0.319. The van der Waals surface area contributed by atoms with E-state index >= 15 is 0 Å². The van der Waals surface area contributed by atoms with Gasteiger partial charge in [-0.15, -0.1) is 0 Å². The Balaban J connectivity index is 2.23. The molecule has 0 amide bonds. The Labute approximate surface area is 160 Å². The number of rotatable bonds is 8. The molecule has 0 spiro atoms. The van der Waals surface area contributed by atoms with Crippen LogP contribution in [0.25, 0.3) is 0 Å².